The summed E-state index contributed by atoms with van der Waals surface area (Å²) in [4.78, 5) is 15.2. The fourth-order valence-corrected chi connectivity index (χ4v) is 1.16. The van der Waals surface area contributed by atoms with Gasteiger partial charge in [-0.2, -0.15) is 0 Å². The average Bonchev–Trinajstić information content (AvgIpc) is 2.07. The third kappa shape index (κ3) is 10.8. The van der Waals surface area contributed by atoms with Crippen molar-refractivity contribution in [2.45, 2.75) is 52.1 Å². The van der Waals surface area contributed by atoms with Gasteiger partial charge in [0.2, 0.25) is 0 Å². The summed E-state index contributed by atoms with van der Waals surface area (Å²) in [6.07, 6.45) is 3.09. The maximum Gasteiger partial charge on any atom is 0.306 e. The van der Waals surface area contributed by atoms with Crippen LogP contribution in [0.5, 0.6) is 0 Å². The van der Waals surface area contributed by atoms with Crippen LogP contribution in [-0.2, 0) is 9.53 Å². The van der Waals surface area contributed by atoms with Crippen molar-refractivity contribution < 1.29 is 9.53 Å². The highest BCUT2D eigenvalue weighted by molar-refractivity contribution is 5.75. The highest BCUT2D eigenvalue weighted by Crippen LogP contribution is 2.10. The van der Waals surface area contributed by atoms with Crippen LogP contribution in [0.4, 0.5) is 0 Å². The standard InChI is InChI=1S/C11H23N3O2/c1-11(2,3)16-9(15)7-5-4-6-8-14-10(12)13/h4-8H2,1-3H3,(H4,12,13,14). The lowest BCUT2D eigenvalue weighted by Crippen LogP contribution is -2.23. The zero-order valence-corrected chi connectivity index (χ0v) is 10.5. The Morgan fingerprint density at radius 2 is 1.81 bits per heavy atom. The summed E-state index contributed by atoms with van der Waals surface area (Å²) in [5, 5.41) is 0. The molecule has 0 radical (unpaired) electrons. The topological polar surface area (TPSA) is 90.7 Å². The molecule has 5 nitrogen and oxygen atoms in total. The minimum Gasteiger partial charge on any atom is -0.460 e. The summed E-state index contributed by atoms with van der Waals surface area (Å²) in [6.45, 7) is 6.22. The first kappa shape index (κ1) is 14.7. The van der Waals surface area contributed by atoms with Gasteiger partial charge in [-0.05, 0) is 33.6 Å². The van der Waals surface area contributed by atoms with Crippen LogP contribution in [0.2, 0.25) is 0 Å². The molecule has 0 amide bonds. The maximum atomic E-state index is 11.3. The van der Waals surface area contributed by atoms with Gasteiger partial charge in [0.25, 0.3) is 0 Å². The van der Waals surface area contributed by atoms with Crippen molar-refractivity contribution >= 4 is 11.9 Å². The molecule has 94 valence electrons. The number of nitrogens with zero attached hydrogens (tertiary/aromatic N) is 1. The Morgan fingerprint density at radius 1 is 1.19 bits per heavy atom. The zero-order chi connectivity index (χ0) is 12.6. The summed E-state index contributed by atoms with van der Waals surface area (Å²) in [5.41, 5.74) is 9.96. The van der Waals surface area contributed by atoms with E-state index in [2.05, 4.69) is 4.99 Å². The second-order valence-corrected chi connectivity index (χ2v) is 4.70. The van der Waals surface area contributed by atoms with E-state index in [0.717, 1.165) is 19.3 Å². The number of nitrogens with two attached hydrogens (primary N) is 2. The summed E-state index contributed by atoms with van der Waals surface area (Å²) >= 11 is 0. The second kappa shape index (κ2) is 7.09. The van der Waals surface area contributed by atoms with E-state index in [1.807, 2.05) is 20.8 Å². The lowest BCUT2D eigenvalue weighted by molar-refractivity contribution is -0.154. The third-order valence-electron chi connectivity index (χ3n) is 1.75. The Kier molecular flexibility index (Phi) is 6.53. The summed E-state index contributed by atoms with van der Waals surface area (Å²) < 4.78 is 5.18. The van der Waals surface area contributed by atoms with E-state index < -0.39 is 5.60 Å². The number of rotatable bonds is 6. The molecule has 0 aliphatic carbocycles. The number of carbonyl (C=O) groups excluding carboxylic acids is 1. The van der Waals surface area contributed by atoms with Gasteiger partial charge in [0, 0.05) is 13.0 Å². The Labute approximate surface area is 97.2 Å². The van der Waals surface area contributed by atoms with E-state index in [1.165, 1.54) is 0 Å². The molecule has 0 aliphatic rings. The van der Waals surface area contributed by atoms with Gasteiger partial charge in [-0.15, -0.1) is 0 Å². The van der Waals surface area contributed by atoms with Gasteiger partial charge in [-0.25, -0.2) is 0 Å². The molecule has 16 heavy (non-hydrogen) atoms. The average molecular weight is 229 g/mol. The number of esters is 1. The van der Waals surface area contributed by atoms with Crippen LogP contribution >= 0.6 is 0 Å². The first-order valence-corrected chi connectivity index (χ1v) is 5.58. The van der Waals surface area contributed by atoms with Crippen LogP contribution in [0.1, 0.15) is 46.5 Å². The highest BCUT2D eigenvalue weighted by atomic mass is 16.6. The molecule has 0 saturated heterocycles. The van der Waals surface area contributed by atoms with E-state index in [9.17, 15) is 4.79 Å². The van der Waals surface area contributed by atoms with Crippen molar-refractivity contribution in [1.29, 1.82) is 0 Å². The van der Waals surface area contributed by atoms with Crippen LogP contribution in [-0.4, -0.2) is 24.1 Å². The molecule has 0 rings (SSSR count). The minimum atomic E-state index is -0.393. The fourth-order valence-electron chi connectivity index (χ4n) is 1.16. The highest BCUT2D eigenvalue weighted by Gasteiger charge is 2.15. The summed E-state index contributed by atoms with van der Waals surface area (Å²) in [7, 11) is 0. The molecule has 0 heterocycles. The smallest absolute Gasteiger partial charge is 0.306 e. The fraction of sp³-hybridized carbons (Fsp3) is 0.818. The van der Waals surface area contributed by atoms with Crippen LogP contribution in [0.25, 0.3) is 0 Å². The minimum absolute atomic E-state index is 0.118. The molecule has 0 unspecified atom stereocenters. The predicted molar refractivity (Wildman–Crippen MR) is 65.0 cm³/mol. The molecule has 0 aromatic carbocycles. The number of guanidine groups is 1. The number of hydrogen-bond acceptors (Lipinski definition) is 3. The van der Waals surface area contributed by atoms with Crippen molar-refractivity contribution in [3.63, 3.8) is 0 Å². The second-order valence-electron chi connectivity index (χ2n) is 4.70. The predicted octanol–water partition coefficient (Wildman–Crippen LogP) is 1.16. The van der Waals surface area contributed by atoms with E-state index in [1.54, 1.807) is 0 Å². The Bertz CT molecular complexity index is 240. The van der Waals surface area contributed by atoms with E-state index in [4.69, 9.17) is 16.2 Å². The largest absolute Gasteiger partial charge is 0.460 e. The molecule has 0 saturated carbocycles. The van der Waals surface area contributed by atoms with Gasteiger partial charge in [0.15, 0.2) is 5.96 Å². The van der Waals surface area contributed by atoms with Crippen LogP contribution < -0.4 is 11.5 Å². The molecular formula is C11H23N3O2. The molecule has 4 N–H and O–H groups in total. The van der Waals surface area contributed by atoms with Crippen LogP contribution in [0, 0.1) is 0 Å². The summed E-state index contributed by atoms with van der Waals surface area (Å²) in [5.74, 6) is -0.0264. The quantitative estimate of drug-likeness (QED) is 0.309. The number of ether oxygens (including phenoxy) is 1. The maximum absolute atomic E-state index is 11.3. The third-order valence-corrected chi connectivity index (χ3v) is 1.75. The van der Waals surface area contributed by atoms with Gasteiger partial charge in [0.05, 0.1) is 0 Å². The van der Waals surface area contributed by atoms with Gasteiger partial charge in [-0.1, -0.05) is 6.42 Å². The van der Waals surface area contributed by atoms with Crippen molar-refractivity contribution in [2.24, 2.45) is 16.5 Å². The molecule has 0 aliphatic heterocycles. The van der Waals surface area contributed by atoms with E-state index >= 15 is 0 Å². The first-order valence-electron chi connectivity index (χ1n) is 5.58. The number of aliphatic imine (C=N–C) groups is 1. The number of unbranched alkanes of at least 4 members (excludes halogenated alkanes) is 2. The van der Waals surface area contributed by atoms with Gasteiger partial charge in [-0.3, -0.25) is 9.79 Å². The molecule has 0 atom stereocenters. The van der Waals surface area contributed by atoms with Crippen molar-refractivity contribution in [1.82, 2.24) is 0 Å². The Morgan fingerprint density at radius 3 is 2.31 bits per heavy atom. The van der Waals surface area contributed by atoms with Gasteiger partial charge in [0.1, 0.15) is 5.60 Å². The van der Waals surface area contributed by atoms with Crippen molar-refractivity contribution in [2.75, 3.05) is 6.54 Å². The molecular weight excluding hydrogens is 206 g/mol. The normalized spacial score (nSPS) is 10.9. The monoisotopic (exact) mass is 229 g/mol. The summed E-state index contributed by atoms with van der Waals surface area (Å²) in [6, 6.07) is 0. The van der Waals surface area contributed by atoms with Crippen LogP contribution in [0.3, 0.4) is 0 Å². The van der Waals surface area contributed by atoms with Crippen LogP contribution in [0.15, 0.2) is 4.99 Å². The van der Waals surface area contributed by atoms with Crippen molar-refractivity contribution in [3.8, 4) is 0 Å². The molecule has 0 spiro atoms. The molecule has 0 aromatic heterocycles. The van der Waals surface area contributed by atoms with Gasteiger partial charge >= 0.3 is 5.97 Å². The number of hydrogen-bond donors (Lipinski definition) is 2. The Hall–Kier alpha value is -1.26. The molecule has 0 bridgehead atoms. The lowest BCUT2D eigenvalue weighted by Gasteiger charge is -2.19. The molecule has 0 fully saturated rings. The first-order chi connectivity index (χ1) is 7.31. The molecule has 5 heteroatoms. The SMILES string of the molecule is CC(C)(C)OC(=O)CCCCCN=C(N)N. The van der Waals surface area contributed by atoms with Crippen molar-refractivity contribution in [3.05, 3.63) is 0 Å². The van der Waals surface area contributed by atoms with E-state index in [0.29, 0.717) is 13.0 Å². The molecule has 0 aromatic rings. The zero-order valence-electron chi connectivity index (χ0n) is 10.5. The lowest BCUT2D eigenvalue weighted by atomic mass is 10.1. The Balaban J connectivity index is 3.46. The van der Waals surface area contributed by atoms with E-state index in [-0.39, 0.29) is 11.9 Å². The van der Waals surface area contributed by atoms with Gasteiger partial charge < -0.3 is 16.2 Å². The number of carbonyl (C=O) groups is 1.